The molecule has 29 heavy (non-hydrogen) atoms. The minimum absolute atomic E-state index is 0.184. The minimum Gasteiger partial charge on any atom is -0.450 e. The Balaban J connectivity index is 1.45. The van der Waals surface area contributed by atoms with Crippen LogP contribution in [0.25, 0.3) is 11.0 Å². The minimum atomic E-state index is -0.316. The molecular weight excluding hydrogens is 370 g/mol. The van der Waals surface area contributed by atoms with Crippen molar-refractivity contribution in [2.75, 3.05) is 43.1 Å². The van der Waals surface area contributed by atoms with Gasteiger partial charge in [0.05, 0.1) is 31.0 Å². The topological polar surface area (TPSA) is 88.6 Å². The number of nitrogens with zero attached hydrogens (tertiary/aromatic N) is 3. The zero-order valence-electron chi connectivity index (χ0n) is 16.9. The van der Waals surface area contributed by atoms with E-state index in [2.05, 4.69) is 37.6 Å². The number of nitrogens with one attached hydrogen (secondary N) is 2. The van der Waals surface area contributed by atoms with Crippen LogP contribution < -0.4 is 15.5 Å². The molecule has 0 radical (unpaired) electrons. The van der Waals surface area contributed by atoms with Gasteiger partial charge in [0.15, 0.2) is 0 Å². The molecule has 0 bridgehead atoms. The first-order valence-corrected chi connectivity index (χ1v) is 10.5. The maximum atomic E-state index is 11.6. The molecule has 0 unspecified atom stereocenters. The van der Waals surface area contributed by atoms with Gasteiger partial charge in [-0.05, 0) is 44.7 Å². The molecule has 2 aliphatic rings. The van der Waals surface area contributed by atoms with Crippen molar-refractivity contribution in [3.63, 3.8) is 0 Å². The third kappa shape index (κ3) is 4.87. The molecule has 8 nitrogen and oxygen atoms in total. The number of benzene rings is 1. The summed E-state index contributed by atoms with van der Waals surface area (Å²) >= 11 is 0. The number of alkyl carbamates (subject to hydrolysis) is 1. The number of morpholine rings is 1. The predicted octanol–water partition coefficient (Wildman–Crippen LogP) is 2.94. The Hall–Kier alpha value is -2.61. The van der Waals surface area contributed by atoms with E-state index >= 15 is 0 Å². The van der Waals surface area contributed by atoms with Gasteiger partial charge in [-0.15, -0.1) is 0 Å². The quantitative estimate of drug-likeness (QED) is 0.799. The number of hydrogen-bond acceptors (Lipinski definition) is 7. The van der Waals surface area contributed by atoms with Crippen LogP contribution in [-0.2, 0) is 9.47 Å². The van der Waals surface area contributed by atoms with Gasteiger partial charge in [-0.1, -0.05) is 0 Å². The molecule has 0 spiro atoms. The number of anilines is 2. The van der Waals surface area contributed by atoms with Gasteiger partial charge >= 0.3 is 6.09 Å². The highest BCUT2D eigenvalue weighted by Gasteiger charge is 2.24. The Kier molecular flexibility index (Phi) is 6.29. The molecule has 8 heteroatoms. The van der Waals surface area contributed by atoms with E-state index in [9.17, 15) is 4.79 Å². The van der Waals surface area contributed by atoms with E-state index in [-0.39, 0.29) is 12.1 Å². The summed E-state index contributed by atoms with van der Waals surface area (Å²) in [6, 6.07) is 4.83. The first-order chi connectivity index (χ1) is 14.2. The molecule has 156 valence electrons. The standard InChI is InChI=1S/C21H29N5O3/c1-2-29-21(27)25-16-5-3-15(4-6-16)24-19-14-17(26-9-11-28-12-10-26)13-18-20(19)23-8-7-22-18/h7-8,13-16,24H,2-6,9-12H2,1H3,(H,25,27)/t15-,16+. The Morgan fingerprint density at radius 1 is 1.14 bits per heavy atom. The lowest BCUT2D eigenvalue weighted by Crippen LogP contribution is -2.40. The van der Waals surface area contributed by atoms with Crippen molar-refractivity contribution in [2.24, 2.45) is 0 Å². The second-order valence-electron chi connectivity index (χ2n) is 7.57. The zero-order valence-corrected chi connectivity index (χ0v) is 16.9. The third-order valence-corrected chi connectivity index (χ3v) is 5.62. The van der Waals surface area contributed by atoms with E-state index in [0.717, 1.165) is 74.4 Å². The number of ether oxygens (including phenoxy) is 2. The normalized spacial score (nSPS) is 22.3. The van der Waals surface area contributed by atoms with Crippen LogP contribution in [0, 0.1) is 0 Å². The Morgan fingerprint density at radius 2 is 1.86 bits per heavy atom. The molecule has 2 N–H and O–H groups in total. The number of aromatic nitrogens is 2. The first kappa shape index (κ1) is 19.7. The summed E-state index contributed by atoms with van der Waals surface area (Å²) in [7, 11) is 0. The van der Waals surface area contributed by atoms with Gasteiger partial charge in [0.25, 0.3) is 0 Å². The molecule has 2 fully saturated rings. The van der Waals surface area contributed by atoms with Crippen LogP contribution in [0.1, 0.15) is 32.6 Å². The summed E-state index contributed by atoms with van der Waals surface area (Å²) in [6.07, 6.45) is 7.00. The van der Waals surface area contributed by atoms with Crippen LogP contribution >= 0.6 is 0 Å². The van der Waals surface area contributed by atoms with Crippen molar-refractivity contribution in [1.82, 2.24) is 15.3 Å². The average Bonchev–Trinajstić information content (AvgIpc) is 2.76. The second-order valence-corrected chi connectivity index (χ2v) is 7.57. The predicted molar refractivity (Wildman–Crippen MR) is 112 cm³/mol. The van der Waals surface area contributed by atoms with Crippen molar-refractivity contribution in [2.45, 2.75) is 44.7 Å². The summed E-state index contributed by atoms with van der Waals surface area (Å²) in [5.74, 6) is 0. The Bertz CT molecular complexity index is 832. The smallest absolute Gasteiger partial charge is 0.407 e. The van der Waals surface area contributed by atoms with Crippen LogP contribution in [0.2, 0.25) is 0 Å². The van der Waals surface area contributed by atoms with Gasteiger partial charge in [0.2, 0.25) is 0 Å². The van der Waals surface area contributed by atoms with Crippen LogP contribution in [0.4, 0.5) is 16.2 Å². The number of carbonyl (C=O) groups is 1. The van der Waals surface area contributed by atoms with Gasteiger partial charge in [0, 0.05) is 43.3 Å². The average molecular weight is 399 g/mol. The Morgan fingerprint density at radius 3 is 2.62 bits per heavy atom. The zero-order chi connectivity index (χ0) is 20.1. The van der Waals surface area contributed by atoms with E-state index in [4.69, 9.17) is 9.47 Å². The summed E-state index contributed by atoms with van der Waals surface area (Å²) < 4.78 is 10.5. The Labute approximate surface area is 171 Å². The molecule has 2 heterocycles. The fourth-order valence-electron chi connectivity index (χ4n) is 4.12. The number of rotatable bonds is 5. The van der Waals surface area contributed by atoms with E-state index in [0.29, 0.717) is 12.6 Å². The molecule has 1 aliphatic carbocycles. The molecule has 1 aromatic carbocycles. The van der Waals surface area contributed by atoms with Crippen molar-refractivity contribution in [1.29, 1.82) is 0 Å². The molecule has 4 rings (SSSR count). The van der Waals surface area contributed by atoms with Crippen molar-refractivity contribution in [3.8, 4) is 0 Å². The highest BCUT2D eigenvalue weighted by molar-refractivity contribution is 5.91. The van der Waals surface area contributed by atoms with Gasteiger partial charge < -0.3 is 25.0 Å². The van der Waals surface area contributed by atoms with Crippen molar-refractivity contribution >= 4 is 28.5 Å². The van der Waals surface area contributed by atoms with Crippen molar-refractivity contribution < 1.29 is 14.3 Å². The summed E-state index contributed by atoms with van der Waals surface area (Å²) in [5.41, 5.74) is 3.98. The molecule has 1 saturated carbocycles. The van der Waals surface area contributed by atoms with E-state index in [1.807, 2.05) is 6.92 Å². The molecule has 1 amide bonds. The number of carbonyl (C=O) groups excluding carboxylic acids is 1. The van der Waals surface area contributed by atoms with Crippen LogP contribution in [0.5, 0.6) is 0 Å². The lowest BCUT2D eigenvalue weighted by atomic mass is 9.91. The fourth-order valence-corrected chi connectivity index (χ4v) is 4.12. The van der Waals surface area contributed by atoms with Crippen LogP contribution in [-0.4, -0.2) is 61.1 Å². The van der Waals surface area contributed by atoms with Crippen LogP contribution in [0.15, 0.2) is 24.5 Å². The summed E-state index contributed by atoms with van der Waals surface area (Å²) in [6.45, 7) is 5.48. The maximum absolute atomic E-state index is 11.6. The lowest BCUT2D eigenvalue weighted by molar-refractivity contribution is 0.122. The number of amides is 1. The highest BCUT2D eigenvalue weighted by Crippen LogP contribution is 2.31. The molecule has 1 aliphatic heterocycles. The highest BCUT2D eigenvalue weighted by atomic mass is 16.5. The molecule has 0 atom stereocenters. The maximum Gasteiger partial charge on any atom is 0.407 e. The van der Waals surface area contributed by atoms with Gasteiger partial charge in [0.1, 0.15) is 5.52 Å². The monoisotopic (exact) mass is 399 g/mol. The van der Waals surface area contributed by atoms with Gasteiger partial charge in [-0.25, -0.2) is 4.79 Å². The third-order valence-electron chi connectivity index (χ3n) is 5.62. The second kappa shape index (κ2) is 9.26. The molecule has 1 aromatic heterocycles. The van der Waals surface area contributed by atoms with Crippen LogP contribution in [0.3, 0.4) is 0 Å². The first-order valence-electron chi connectivity index (χ1n) is 10.5. The van der Waals surface area contributed by atoms with Gasteiger partial charge in [-0.2, -0.15) is 0 Å². The van der Waals surface area contributed by atoms with E-state index in [1.165, 1.54) is 0 Å². The molecule has 1 saturated heterocycles. The van der Waals surface area contributed by atoms with Gasteiger partial charge in [-0.3, -0.25) is 9.97 Å². The SMILES string of the molecule is CCOC(=O)N[C@H]1CC[C@@H](Nc2cc(N3CCOCC3)cc3nccnc23)CC1. The summed E-state index contributed by atoms with van der Waals surface area (Å²) in [4.78, 5) is 23.1. The van der Waals surface area contributed by atoms with E-state index in [1.54, 1.807) is 12.4 Å². The molecular formula is C21H29N5O3. The van der Waals surface area contributed by atoms with Crippen molar-refractivity contribution in [3.05, 3.63) is 24.5 Å². The molecule has 2 aromatic rings. The van der Waals surface area contributed by atoms with E-state index < -0.39 is 0 Å². The lowest BCUT2D eigenvalue weighted by Gasteiger charge is -2.32. The summed E-state index contributed by atoms with van der Waals surface area (Å²) in [5, 5.41) is 6.65. The largest absolute Gasteiger partial charge is 0.450 e. The fraction of sp³-hybridized carbons (Fsp3) is 0.571. The number of hydrogen-bond donors (Lipinski definition) is 2. The number of fused-ring (bicyclic) bond motifs is 1.